The number of para-hydroxylation sites is 1. The number of nitrogens with zero attached hydrogens (tertiary/aromatic N) is 2. The quantitative estimate of drug-likeness (QED) is 0.294. The van der Waals surface area contributed by atoms with Crippen molar-refractivity contribution in [3.8, 4) is 17.2 Å². The Hall–Kier alpha value is -3.05. The number of fused-ring (bicyclic) bond motifs is 2. The normalized spacial score (nSPS) is 14.9. The summed E-state index contributed by atoms with van der Waals surface area (Å²) in [5.74, 6) is 2.29. The molecule has 0 aliphatic carbocycles. The molecule has 2 aromatic rings. The van der Waals surface area contributed by atoms with Crippen LogP contribution in [0.25, 0.3) is 5.57 Å². The Bertz CT molecular complexity index is 1010. The van der Waals surface area contributed by atoms with Crippen LogP contribution in [0.3, 0.4) is 0 Å². The van der Waals surface area contributed by atoms with Gasteiger partial charge in [0.05, 0.1) is 18.5 Å². The average molecular weight is 448 g/mol. The van der Waals surface area contributed by atoms with Gasteiger partial charge < -0.3 is 19.7 Å². The van der Waals surface area contributed by atoms with Gasteiger partial charge in [0, 0.05) is 24.5 Å². The van der Waals surface area contributed by atoms with Crippen LogP contribution in [-0.4, -0.2) is 32.0 Å². The minimum absolute atomic E-state index is 0.262. The fourth-order valence-electron chi connectivity index (χ4n) is 4.31. The van der Waals surface area contributed by atoms with Crippen molar-refractivity contribution in [3.63, 3.8) is 0 Å². The van der Waals surface area contributed by atoms with Crippen LogP contribution in [-0.2, 0) is 0 Å². The maximum absolute atomic E-state index is 6.43. The molecule has 5 heteroatoms. The molecule has 3 rings (SSSR count). The number of aliphatic imine (C=N–C) groups is 1. The summed E-state index contributed by atoms with van der Waals surface area (Å²) in [6, 6.07) is 13.1. The van der Waals surface area contributed by atoms with E-state index in [0.29, 0.717) is 6.04 Å². The molecule has 2 unspecified atom stereocenters. The third kappa shape index (κ3) is 5.48. The molecule has 5 nitrogen and oxygen atoms in total. The second-order valence-corrected chi connectivity index (χ2v) is 8.30. The molecular formula is C28H37N3O2. The van der Waals surface area contributed by atoms with Crippen molar-refractivity contribution >= 4 is 23.2 Å². The van der Waals surface area contributed by atoms with Gasteiger partial charge in [-0.15, -0.1) is 0 Å². The van der Waals surface area contributed by atoms with E-state index in [4.69, 9.17) is 9.47 Å². The summed E-state index contributed by atoms with van der Waals surface area (Å²) >= 11 is 0. The molecule has 176 valence electrons. The first-order valence-electron chi connectivity index (χ1n) is 11.9. The lowest BCUT2D eigenvalue weighted by atomic mass is 10.00. The second-order valence-electron chi connectivity index (χ2n) is 8.30. The van der Waals surface area contributed by atoms with Crippen LogP contribution in [0.2, 0.25) is 0 Å². The van der Waals surface area contributed by atoms with Crippen LogP contribution < -0.4 is 19.7 Å². The first-order chi connectivity index (χ1) is 16.1. The van der Waals surface area contributed by atoms with Gasteiger partial charge in [-0.2, -0.15) is 0 Å². The van der Waals surface area contributed by atoms with E-state index >= 15 is 0 Å². The van der Waals surface area contributed by atoms with Crippen LogP contribution in [0.4, 0.5) is 11.4 Å². The largest absolute Gasteiger partial charge is 0.493 e. The van der Waals surface area contributed by atoms with Crippen molar-refractivity contribution < 1.29 is 9.47 Å². The number of benzene rings is 2. The molecule has 0 bridgehead atoms. The predicted molar refractivity (Wildman–Crippen MR) is 140 cm³/mol. The average Bonchev–Trinajstić information content (AvgIpc) is 2.84. The van der Waals surface area contributed by atoms with Crippen LogP contribution in [0, 0.1) is 0 Å². The van der Waals surface area contributed by atoms with E-state index in [9.17, 15) is 0 Å². The molecular weight excluding hydrogens is 410 g/mol. The van der Waals surface area contributed by atoms with Crippen molar-refractivity contribution in [1.82, 2.24) is 5.32 Å². The zero-order chi connectivity index (χ0) is 23.8. The highest BCUT2D eigenvalue weighted by molar-refractivity contribution is 5.84. The molecule has 1 heterocycles. The molecule has 1 N–H and O–H groups in total. The van der Waals surface area contributed by atoms with Gasteiger partial charge in [0.15, 0.2) is 17.2 Å². The lowest BCUT2D eigenvalue weighted by molar-refractivity contribution is 0.373. The Morgan fingerprint density at radius 3 is 2.73 bits per heavy atom. The van der Waals surface area contributed by atoms with E-state index in [2.05, 4.69) is 66.8 Å². The van der Waals surface area contributed by atoms with Gasteiger partial charge in [0.25, 0.3) is 0 Å². The van der Waals surface area contributed by atoms with E-state index in [1.807, 2.05) is 31.3 Å². The Labute approximate surface area is 198 Å². The Morgan fingerprint density at radius 2 is 2.06 bits per heavy atom. The molecule has 0 saturated heterocycles. The number of anilines is 2. The van der Waals surface area contributed by atoms with Crippen molar-refractivity contribution in [1.29, 1.82) is 0 Å². The lowest BCUT2D eigenvalue weighted by Gasteiger charge is -2.39. The summed E-state index contributed by atoms with van der Waals surface area (Å²) in [6.07, 6.45) is 8.65. The molecule has 1 aliphatic heterocycles. The summed E-state index contributed by atoms with van der Waals surface area (Å²) in [5.41, 5.74) is 4.04. The minimum Gasteiger partial charge on any atom is -0.493 e. The monoisotopic (exact) mass is 447 g/mol. The van der Waals surface area contributed by atoms with Gasteiger partial charge in [0.1, 0.15) is 0 Å². The van der Waals surface area contributed by atoms with Gasteiger partial charge in [-0.1, -0.05) is 38.6 Å². The predicted octanol–water partition coefficient (Wildman–Crippen LogP) is 7.11. The van der Waals surface area contributed by atoms with Crippen LogP contribution in [0.1, 0.15) is 52.5 Å². The molecule has 0 radical (unpaired) electrons. The van der Waals surface area contributed by atoms with Crippen molar-refractivity contribution in [3.05, 3.63) is 60.8 Å². The molecule has 0 fully saturated rings. The Morgan fingerprint density at radius 1 is 1.24 bits per heavy atom. The number of nitrogens with one attached hydrogen (secondary N) is 1. The fourth-order valence-corrected chi connectivity index (χ4v) is 4.31. The van der Waals surface area contributed by atoms with Gasteiger partial charge >= 0.3 is 0 Å². The van der Waals surface area contributed by atoms with Crippen LogP contribution in [0.5, 0.6) is 17.2 Å². The highest BCUT2D eigenvalue weighted by Crippen LogP contribution is 2.52. The van der Waals surface area contributed by atoms with Gasteiger partial charge in [-0.25, -0.2) is 0 Å². The summed E-state index contributed by atoms with van der Waals surface area (Å²) < 4.78 is 12.1. The fraction of sp³-hybridized carbons (Fsp3) is 0.393. The minimum atomic E-state index is 0.262. The third-order valence-corrected chi connectivity index (χ3v) is 6.03. The maximum Gasteiger partial charge on any atom is 0.192 e. The molecule has 0 amide bonds. The van der Waals surface area contributed by atoms with Crippen LogP contribution in [0.15, 0.2) is 60.2 Å². The highest BCUT2D eigenvalue weighted by atomic mass is 16.5. The second kappa shape index (κ2) is 11.7. The molecule has 2 aromatic carbocycles. The molecule has 0 spiro atoms. The highest BCUT2D eigenvalue weighted by Gasteiger charge is 2.31. The summed E-state index contributed by atoms with van der Waals surface area (Å²) in [5, 5.41) is 3.70. The van der Waals surface area contributed by atoms with E-state index in [0.717, 1.165) is 65.6 Å². The van der Waals surface area contributed by atoms with Crippen molar-refractivity contribution in [2.75, 3.05) is 18.6 Å². The van der Waals surface area contributed by atoms with Crippen LogP contribution >= 0.6 is 0 Å². The number of hydrogen-bond donors (Lipinski definition) is 1. The number of ether oxygens (including phenoxy) is 2. The van der Waals surface area contributed by atoms with E-state index < -0.39 is 0 Å². The summed E-state index contributed by atoms with van der Waals surface area (Å²) in [7, 11) is 1.68. The zero-order valence-electron chi connectivity index (χ0n) is 20.6. The molecule has 0 aromatic heterocycles. The van der Waals surface area contributed by atoms with E-state index in [-0.39, 0.29) is 6.04 Å². The summed E-state index contributed by atoms with van der Waals surface area (Å²) in [6.45, 7) is 13.6. The van der Waals surface area contributed by atoms with Crippen molar-refractivity contribution in [2.45, 2.75) is 59.0 Å². The number of allylic oxidation sites excluding steroid dienone is 2. The maximum atomic E-state index is 6.43. The molecule has 1 aliphatic rings. The number of methoxy groups -OCH3 is 1. The van der Waals surface area contributed by atoms with Gasteiger partial charge in [-0.05, 0) is 75.1 Å². The van der Waals surface area contributed by atoms with Crippen molar-refractivity contribution in [2.24, 2.45) is 4.99 Å². The number of rotatable bonds is 11. The third-order valence-electron chi connectivity index (χ3n) is 6.03. The molecule has 2 atom stereocenters. The Balaban J connectivity index is 2.06. The summed E-state index contributed by atoms with van der Waals surface area (Å²) in [4.78, 5) is 6.66. The van der Waals surface area contributed by atoms with Gasteiger partial charge in [-0.3, -0.25) is 4.99 Å². The molecule has 0 saturated carbocycles. The van der Waals surface area contributed by atoms with E-state index in [1.165, 1.54) is 0 Å². The SMILES string of the molecule is C=C/C(=C\N=CC)c1ccc2c(c1)Oc1c(OC)cccc1N2C(C)CC(CC)NCCC. The number of hydrogen-bond acceptors (Lipinski definition) is 5. The first-order valence-corrected chi connectivity index (χ1v) is 11.9. The standard InChI is InChI=1S/C28H37N3O2/c1-7-16-30-23(9-3)17-20(5)31-24-15-14-22(21(8-2)19-29-10-4)18-27(24)33-28-25(31)12-11-13-26(28)32-6/h8,10-15,18-20,23,30H,2,7,9,16-17H2,1,3-6H3/b21-19+,29-10?. The smallest absolute Gasteiger partial charge is 0.192 e. The van der Waals surface area contributed by atoms with E-state index in [1.54, 1.807) is 13.3 Å². The lowest BCUT2D eigenvalue weighted by Crippen LogP contribution is -2.39. The van der Waals surface area contributed by atoms with Gasteiger partial charge in [0.2, 0.25) is 0 Å². The Kier molecular flexibility index (Phi) is 8.72. The molecule has 33 heavy (non-hydrogen) atoms. The zero-order valence-corrected chi connectivity index (χ0v) is 20.6. The topological polar surface area (TPSA) is 46.1 Å². The first kappa shape index (κ1) is 24.6.